The summed E-state index contributed by atoms with van der Waals surface area (Å²) < 4.78 is 0. The summed E-state index contributed by atoms with van der Waals surface area (Å²) in [5.41, 5.74) is 0. The molecule has 1 aromatic rings. The van der Waals surface area contributed by atoms with Crippen molar-refractivity contribution in [1.29, 1.82) is 0 Å². The lowest BCUT2D eigenvalue weighted by atomic mass is 10.1. The van der Waals surface area contributed by atoms with Crippen molar-refractivity contribution in [2.75, 3.05) is 17.2 Å². The quantitative estimate of drug-likeness (QED) is 0.702. The number of hydrogen-bond acceptors (Lipinski definition) is 4. The van der Waals surface area contributed by atoms with Gasteiger partial charge in [0.05, 0.1) is 12.4 Å². The first kappa shape index (κ1) is 14.7. The third kappa shape index (κ3) is 5.34. The maximum Gasteiger partial charge on any atom is 0.147 e. The topological polar surface area (TPSA) is 49.8 Å². The van der Waals surface area contributed by atoms with E-state index in [1.807, 2.05) is 0 Å². The Morgan fingerprint density at radius 1 is 1.06 bits per heavy atom. The zero-order valence-electron chi connectivity index (χ0n) is 11.9. The number of hydrogen-bond donors (Lipinski definition) is 2. The highest BCUT2D eigenvalue weighted by atomic mass is 15.1. The average molecular weight is 250 g/mol. The van der Waals surface area contributed by atoms with Gasteiger partial charge in [0.1, 0.15) is 11.6 Å². The van der Waals surface area contributed by atoms with Crippen LogP contribution in [-0.2, 0) is 0 Å². The highest BCUT2D eigenvalue weighted by Crippen LogP contribution is 2.14. The van der Waals surface area contributed by atoms with Crippen LogP contribution in [0, 0.1) is 0 Å². The van der Waals surface area contributed by atoms with Gasteiger partial charge in [0.2, 0.25) is 0 Å². The molecule has 2 N–H and O–H groups in total. The minimum Gasteiger partial charge on any atom is -0.369 e. The summed E-state index contributed by atoms with van der Waals surface area (Å²) in [6.45, 7) is 7.38. The van der Waals surface area contributed by atoms with Crippen LogP contribution < -0.4 is 10.6 Å². The summed E-state index contributed by atoms with van der Waals surface area (Å²) in [6, 6.07) is 0.515. The lowest BCUT2D eigenvalue weighted by Gasteiger charge is -2.18. The van der Waals surface area contributed by atoms with Crippen molar-refractivity contribution in [3.8, 4) is 0 Å². The third-order valence-corrected chi connectivity index (χ3v) is 2.89. The third-order valence-electron chi connectivity index (χ3n) is 2.89. The molecule has 0 aromatic carbocycles. The van der Waals surface area contributed by atoms with Crippen molar-refractivity contribution in [3.05, 3.63) is 12.4 Å². The van der Waals surface area contributed by atoms with Crippen LogP contribution in [0.15, 0.2) is 12.4 Å². The monoisotopic (exact) mass is 250 g/mol. The molecule has 0 aliphatic heterocycles. The molecule has 102 valence electrons. The summed E-state index contributed by atoms with van der Waals surface area (Å²) >= 11 is 0. The molecule has 0 aliphatic rings. The lowest BCUT2D eigenvalue weighted by Crippen LogP contribution is -2.20. The Morgan fingerprint density at radius 2 is 1.83 bits per heavy atom. The van der Waals surface area contributed by atoms with Gasteiger partial charge >= 0.3 is 0 Å². The van der Waals surface area contributed by atoms with E-state index < -0.39 is 0 Å². The molecule has 1 aromatic heterocycles. The van der Waals surface area contributed by atoms with E-state index in [2.05, 4.69) is 41.4 Å². The van der Waals surface area contributed by atoms with Gasteiger partial charge in [-0.15, -0.1) is 0 Å². The number of aromatic nitrogens is 2. The van der Waals surface area contributed by atoms with Crippen molar-refractivity contribution < 1.29 is 0 Å². The van der Waals surface area contributed by atoms with E-state index in [0.717, 1.165) is 18.2 Å². The Kier molecular flexibility index (Phi) is 7.14. The molecule has 1 rings (SSSR count). The maximum atomic E-state index is 4.51. The lowest BCUT2D eigenvalue weighted by molar-refractivity contribution is 0.562. The molecule has 4 nitrogen and oxygen atoms in total. The fraction of sp³-hybridized carbons (Fsp3) is 0.714. The molecule has 0 saturated heterocycles. The van der Waals surface area contributed by atoms with E-state index in [0.29, 0.717) is 6.04 Å². The number of unbranched alkanes of at least 4 members (excludes halogenated alkanes) is 1. The summed E-state index contributed by atoms with van der Waals surface area (Å²) in [4.78, 5) is 8.72. The second kappa shape index (κ2) is 8.72. The van der Waals surface area contributed by atoms with Crippen LogP contribution in [0.1, 0.15) is 52.9 Å². The molecule has 4 heteroatoms. The van der Waals surface area contributed by atoms with E-state index in [1.165, 1.54) is 32.1 Å². The zero-order chi connectivity index (χ0) is 13.2. The molecule has 0 spiro atoms. The molecular formula is C14H26N4. The highest BCUT2D eigenvalue weighted by Gasteiger charge is 2.08. The smallest absolute Gasteiger partial charge is 0.147 e. The highest BCUT2D eigenvalue weighted by molar-refractivity contribution is 5.41. The number of anilines is 2. The van der Waals surface area contributed by atoms with Crippen molar-refractivity contribution in [2.45, 2.75) is 58.9 Å². The number of rotatable bonds is 9. The molecule has 1 heterocycles. The zero-order valence-corrected chi connectivity index (χ0v) is 11.9. The Bertz CT molecular complexity index is 327. The molecule has 0 amide bonds. The minimum atomic E-state index is 0.515. The molecule has 1 unspecified atom stereocenters. The first-order valence-electron chi connectivity index (χ1n) is 7.12. The first-order valence-corrected chi connectivity index (χ1v) is 7.12. The van der Waals surface area contributed by atoms with Gasteiger partial charge in [0.25, 0.3) is 0 Å². The van der Waals surface area contributed by atoms with Gasteiger partial charge < -0.3 is 10.6 Å². The van der Waals surface area contributed by atoms with Crippen molar-refractivity contribution in [1.82, 2.24) is 9.97 Å². The Balaban J connectivity index is 2.58. The van der Waals surface area contributed by atoms with Gasteiger partial charge in [-0.25, -0.2) is 4.98 Å². The van der Waals surface area contributed by atoms with E-state index in [-0.39, 0.29) is 0 Å². The number of nitrogens with zero attached hydrogens (tertiary/aromatic N) is 2. The van der Waals surface area contributed by atoms with Gasteiger partial charge in [-0.2, -0.15) is 0 Å². The van der Waals surface area contributed by atoms with Crippen LogP contribution >= 0.6 is 0 Å². The average Bonchev–Trinajstić information content (AvgIpc) is 2.37. The van der Waals surface area contributed by atoms with Crippen LogP contribution in [0.3, 0.4) is 0 Å². The van der Waals surface area contributed by atoms with E-state index in [4.69, 9.17) is 0 Å². The normalized spacial score (nSPS) is 12.2. The van der Waals surface area contributed by atoms with Crippen LogP contribution in [0.25, 0.3) is 0 Å². The maximum absolute atomic E-state index is 4.51. The van der Waals surface area contributed by atoms with Crippen LogP contribution in [0.2, 0.25) is 0 Å². The predicted octanol–water partition coefficient (Wildman–Crippen LogP) is 3.68. The molecule has 1 atom stereocenters. The van der Waals surface area contributed by atoms with E-state index in [1.54, 1.807) is 12.4 Å². The SMILES string of the molecule is CCCCC(CCC)Nc1cncc(NCC)n1. The van der Waals surface area contributed by atoms with Gasteiger partial charge in [-0.05, 0) is 19.8 Å². The van der Waals surface area contributed by atoms with Crippen LogP contribution in [-0.4, -0.2) is 22.6 Å². The number of nitrogens with one attached hydrogen (secondary N) is 2. The molecule has 0 bridgehead atoms. The predicted molar refractivity (Wildman–Crippen MR) is 78.0 cm³/mol. The second-order valence-corrected chi connectivity index (χ2v) is 4.59. The largest absolute Gasteiger partial charge is 0.369 e. The molecular weight excluding hydrogens is 224 g/mol. The summed E-state index contributed by atoms with van der Waals surface area (Å²) in [5.74, 6) is 1.72. The standard InChI is InChI=1S/C14H26N4/c1-4-7-9-12(8-5-2)17-14-11-15-10-13(18-14)16-6-3/h10-12H,4-9H2,1-3H3,(H2,16,17,18). The van der Waals surface area contributed by atoms with Crippen LogP contribution in [0.5, 0.6) is 0 Å². The van der Waals surface area contributed by atoms with Crippen molar-refractivity contribution >= 4 is 11.6 Å². The fourth-order valence-electron chi connectivity index (χ4n) is 2.00. The fourth-order valence-corrected chi connectivity index (χ4v) is 2.00. The van der Waals surface area contributed by atoms with Gasteiger partial charge in [0.15, 0.2) is 0 Å². The molecule has 0 radical (unpaired) electrons. The summed E-state index contributed by atoms with van der Waals surface area (Å²) in [5, 5.41) is 6.68. The van der Waals surface area contributed by atoms with Gasteiger partial charge in [-0.1, -0.05) is 33.1 Å². The first-order chi connectivity index (χ1) is 8.80. The van der Waals surface area contributed by atoms with E-state index >= 15 is 0 Å². The Labute approximate surface area is 111 Å². The minimum absolute atomic E-state index is 0.515. The summed E-state index contributed by atoms with van der Waals surface area (Å²) in [6.07, 6.45) is 9.65. The Morgan fingerprint density at radius 3 is 2.50 bits per heavy atom. The van der Waals surface area contributed by atoms with E-state index in [9.17, 15) is 0 Å². The van der Waals surface area contributed by atoms with Crippen molar-refractivity contribution in [2.24, 2.45) is 0 Å². The Hall–Kier alpha value is -1.32. The molecule has 0 fully saturated rings. The van der Waals surface area contributed by atoms with Crippen LogP contribution in [0.4, 0.5) is 11.6 Å². The van der Waals surface area contributed by atoms with Gasteiger partial charge in [0, 0.05) is 12.6 Å². The van der Waals surface area contributed by atoms with Gasteiger partial charge in [-0.3, -0.25) is 4.98 Å². The second-order valence-electron chi connectivity index (χ2n) is 4.59. The molecule has 0 aliphatic carbocycles. The van der Waals surface area contributed by atoms with Crippen molar-refractivity contribution in [3.63, 3.8) is 0 Å². The molecule has 18 heavy (non-hydrogen) atoms. The summed E-state index contributed by atoms with van der Waals surface area (Å²) in [7, 11) is 0. The molecule has 0 saturated carbocycles.